The third kappa shape index (κ3) is 4.01. The van der Waals surface area contributed by atoms with Crippen molar-refractivity contribution in [3.8, 4) is 5.82 Å². The lowest BCUT2D eigenvalue weighted by Crippen LogP contribution is -2.34. The summed E-state index contributed by atoms with van der Waals surface area (Å²) in [6.45, 7) is 5.98. The zero-order valence-corrected chi connectivity index (χ0v) is 17.4. The Morgan fingerprint density at radius 1 is 1.27 bits per heavy atom. The Morgan fingerprint density at radius 2 is 2.10 bits per heavy atom. The number of ether oxygens (including phenoxy) is 1. The molecule has 0 radical (unpaired) electrons. The fraction of sp³-hybridized carbons (Fsp3) is 0.389. The molecule has 4 heterocycles. The number of halogens is 1. The zero-order valence-electron chi connectivity index (χ0n) is 16.7. The van der Waals surface area contributed by atoms with E-state index in [-0.39, 0.29) is 18.0 Å². The quantitative estimate of drug-likeness (QED) is 0.629. The lowest BCUT2D eigenvalue weighted by molar-refractivity contribution is 0.178. The number of rotatable bonds is 6. The first-order valence-electron chi connectivity index (χ1n) is 9.41. The third-order valence-corrected chi connectivity index (χ3v) is 4.84. The summed E-state index contributed by atoms with van der Waals surface area (Å²) in [4.78, 5) is 39.3. The Balaban J connectivity index is 1.54. The van der Waals surface area contributed by atoms with Crippen molar-refractivity contribution >= 4 is 29.6 Å². The Morgan fingerprint density at radius 3 is 2.83 bits per heavy atom. The van der Waals surface area contributed by atoms with Crippen molar-refractivity contribution < 1.29 is 9.53 Å². The molecule has 1 N–H and O–H groups in total. The van der Waals surface area contributed by atoms with Crippen LogP contribution >= 0.6 is 11.6 Å². The van der Waals surface area contributed by atoms with Crippen LogP contribution in [0.4, 0.5) is 16.7 Å². The highest BCUT2D eigenvalue weighted by Gasteiger charge is 2.35. The van der Waals surface area contributed by atoms with Gasteiger partial charge in [0.25, 0.3) is 0 Å². The molecule has 0 aliphatic carbocycles. The molecule has 1 amide bonds. The lowest BCUT2D eigenvalue weighted by atomic mass is 10.2. The first kappa shape index (κ1) is 20.0. The van der Waals surface area contributed by atoms with Gasteiger partial charge in [0.05, 0.1) is 30.2 Å². The molecule has 11 nitrogen and oxygen atoms in total. The smallest absolute Gasteiger partial charge is 0.417 e. The van der Waals surface area contributed by atoms with E-state index in [0.29, 0.717) is 29.4 Å². The minimum absolute atomic E-state index is 0.0965. The maximum absolute atomic E-state index is 12.1. The molecular weight excluding hydrogens is 410 g/mol. The molecule has 12 heteroatoms. The molecule has 0 saturated carbocycles. The van der Waals surface area contributed by atoms with Gasteiger partial charge in [-0.25, -0.2) is 24.6 Å². The maximum atomic E-state index is 12.1. The summed E-state index contributed by atoms with van der Waals surface area (Å²) < 4.78 is 6.88. The van der Waals surface area contributed by atoms with Gasteiger partial charge in [-0.05, 0) is 20.3 Å². The van der Waals surface area contributed by atoms with Crippen molar-refractivity contribution in [1.82, 2.24) is 34.5 Å². The number of carbonyl (C=O) groups is 1. The van der Waals surface area contributed by atoms with Gasteiger partial charge < -0.3 is 10.1 Å². The minimum Gasteiger partial charge on any atom is -0.447 e. The molecule has 0 unspecified atom stereocenters. The van der Waals surface area contributed by atoms with E-state index in [9.17, 15) is 4.79 Å². The number of anilines is 2. The Hall–Kier alpha value is -3.34. The molecule has 4 rings (SSSR count). The van der Waals surface area contributed by atoms with Gasteiger partial charge in [0.2, 0.25) is 11.9 Å². The van der Waals surface area contributed by atoms with Gasteiger partial charge in [-0.1, -0.05) is 18.5 Å². The Kier molecular flexibility index (Phi) is 5.44. The van der Waals surface area contributed by atoms with E-state index in [1.165, 1.54) is 11.1 Å². The number of nitrogens with one attached hydrogen (secondary N) is 1. The predicted octanol–water partition coefficient (Wildman–Crippen LogP) is 2.72. The fourth-order valence-corrected chi connectivity index (χ4v) is 3.14. The number of aromatic nitrogens is 7. The summed E-state index contributed by atoms with van der Waals surface area (Å²) in [7, 11) is 0. The van der Waals surface area contributed by atoms with E-state index in [2.05, 4.69) is 35.2 Å². The summed E-state index contributed by atoms with van der Waals surface area (Å²) in [6.07, 6.45) is 6.79. The fourth-order valence-electron chi connectivity index (χ4n) is 3.04. The average molecular weight is 430 g/mol. The highest BCUT2D eigenvalue weighted by Crippen LogP contribution is 2.23. The van der Waals surface area contributed by atoms with Gasteiger partial charge in [0.1, 0.15) is 23.9 Å². The van der Waals surface area contributed by atoms with E-state index < -0.39 is 6.09 Å². The van der Waals surface area contributed by atoms with E-state index in [0.717, 1.165) is 12.1 Å². The van der Waals surface area contributed by atoms with Gasteiger partial charge >= 0.3 is 6.09 Å². The van der Waals surface area contributed by atoms with Crippen LogP contribution in [-0.2, 0) is 4.74 Å². The van der Waals surface area contributed by atoms with Crippen LogP contribution in [-0.4, -0.2) is 53.2 Å². The first-order chi connectivity index (χ1) is 14.4. The second-order valence-electron chi connectivity index (χ2n) is 6.78. The molecule has 30 heavy (non-hydrogen) atoms. The molecule has 156 valence electrons. The molecule has 1 aliphatic rings. The topological polar surface area (TPSA) is 124 Å². The highest BCUT2D eigenvalue weighted by atomic mass is 35.5. The number of imidazole rings is 1. The second kappa shape index (κ2) is 8.19. The SMILES string of the molecule is CC[C@H]1COC(=O)N1c1nc(C)nc(N[C@@H](C)c2cn(-c3cnc(Cl)cn3)cn2)n1. The number of carbonyl (C=O) groups excluding carboxylic acids is 1. The molecule has 3 aromatic rings. The molecule has 1 saturated heterocycles. The second-order valence-corrected chi connectivity index (χ2v) is 7.17. The molecule has 2 atom stereocenters. The molecule has 0 aromatic carbocycles. The van der Waals surface area contributed by atoms with Crippen molar-refractivity contribution in [1.29, 1.82) is 0 Å². The summed E-state index contributed by atoms with van der Waals surface area (Å²) in [5, 5.41) is 3.53. The van der Waals surface area contributed by atoms with Crippen LogP contribution in [0.2, 0.25) is 5.15 Å². The summed E-state index contributed by atoms with van der Waals surface area (Å²) >= 11 is 5.79. The van der Waals surface area contributed by atoms with Crippen LogP contribution in [0, 0.1) is 6.92 Å². The minimum atomic E-state index is -0.450. The van der Waals surface area contributed by atoms with Crippen LogP contribution in [0.3, 0.4) is 0 Å². The molecule has 0 spiro atoms. The average Bonchev–Trinajstić information content (AvgIpc) is 3.35. The monoisotopic (exact) mass is 429 g/mol. The third-order valence-electron chi connectivity index (χ3n) is 4.65. The number of hydrogen-bond acceptors (Lipinski definition) is 9. The first-order valence-corrected chi connectivity index (χ1v) is 9.79. The number of amides is 1. The highest BCUT2D eigenvalue weighted by molar-refractivity contribution is 6.29. The predicted molar refractivity (Wildman–Crippen MR) is 109 cm³/mol. The summed E-state index contributed by atoms with van der Waals surface area (Å²) in [6, 6.07) is -0.311. The maximum Gasteiger partial charge on any atom is 0.417 e. The normalized spacial score (nSPS) is 17.1. The molecule has 1 fully saturated rings. The van der Waals surface area contributed by atoms with Gasteiger partial charge in [-0.15, -0.1) is 0 Å². The van der Waals surface area contributed by atoms with Crippen LogP contribution < -0.4 is 10.2 Å². The molecule has 0 bridgehead atoms. The summed E-state index contributed by atoms with van der Waals surface area (Å²) in [5.74, 6) is 1.71. The van der Waals surface area contributed by atoms with E-state index in [1.54, 1.807) is 24.0 Å². The van der Waals surface area contributed by atoms with Crippen LogP contribution in [0.1, 0.15) is 37.8 Å². The number of hydrogen-bond donors (Lipinski definition) is 1. The van der Waals surface area contributed by atoms with Gasteiger partial charge in [-0.3, -0.25) is 4.57 Å². The van der Waals surface area contributed by atoms with Crippen molar-refractivity contribution in [3.63, 3.8) is 0 Å². The van der Waals surface area contributed by atoms with Crippen molar-refractivity contribution in [2.24, 2.45) is 0 Å². The van der Waals surface area contributed by atoms with Gasteiger partial charge in [0.15, 0.2) is 5.82 Å². The van der Waals surface area contributed by atoms with E-state index in [1.807, 2.05) is 20.0 Å². The molecule has 1 aliphatic heterocycles. The number of cyclic esters (lactones) is 1. The van der Waals surface area contributed by atoms with Crippen LogP contribution in [0.5, 0.6) is 0 Å². The molecule has 3 aromatic heterocycles. The van der Waals surface area contributed by atoms with Crippen LogP contribution in [0.15, 0.2) is 24.9 Å². The Bertz CT molecular complexity index is 1060. The summed E-state index contributed by atoms with van der Waals surface area (Å²) in [5.41, 5.74) is 0.749. The van der Waals surface area contributed by atoms with E-state index in [4.69, 9.17) is 16.3 Å². The van der Waals surface area contributed by atoms with Gasteiger partial charge in [-0.2, -0.15) is 15.0 Å². The van der Waals surface area contributed by atoms with Crippen molar-refractivity contribution in [2.45, 2.75) is 39.3 Å². The number of nitrogens with zero attached hydrogens (tertiary/aromatic N) is 8. The van der Waals surface area contributed by atoms with Crippen molar-refractivity contribution in [2.75, 3.05) is 16.8 Å². The Labute approximate surface area is 177 Å². The zero-order chi connectivity index (χ0) is 21.3. The van der Waals surface area contributed by atoms with E-state index >= 15 is 0 Å². The molecular formula is C18H20ClN9O2. The number of aryl methyl sites for hydroxylation is 1. The lowest BCUT2D eigenvalue weighted by Gasteiger charge is -2.19. The van der Waals surface area contributed by atoms with Crippen LogP contribution in [0.25, 0.3) is 5.82 Å². The van der Waals surface area contributed by atoms with Gasteiger partial charge in [0, 0.05) is 6.20 Å². The largest absolute Gasteiger partial charge is 0.447 e. The van der Waals surface area contributed by atoms with Crippen molar-refractivity contribution in [3.05, 3.63) is 41.6 Å². The standard InChI is InChI=1S/C18H20ClN9O2/c1-4-12-8-30-18(29)28(12)17-25-11(3)24-16(26-17)23-10(2)13-7-27(9-22-13)15-6-20-14(19)5-21-15/h5-7,9-10,12H,4,8H2,1-3H3,(H,23,24,25,26)/t10-,12-/m0/s1.